The quantitative estimate of drug-likeness (QED) is 0.651. The van der Waals surface area contributed by atoms with E-state index in [2.05, 4.69) is 36.8 Å². The Labute approximate surface area is 71.4 Å². The standard InChI is InChI=1S/C5H2Br2FN/c6-3-1-2-9-5(8)4(3)7/h1-2H/i1D,2D. The van der Waals surface area contributed by atoms with Gasteiger partial charge in [0.15, 0.2) is 0 Å². The fourth-order valence-corrected chi connectivity index (χ4v) is 0.761. The van der Waals surface area contributed by atoms with Crippen LogP contribution < -0.4 is 0 Å². The second kappa shape index (κ2) is 2.75. The molecule has 1 nitrogen and oxygen atoms in total. The average Bonchev–Trinajstić information content (AvgIpc) is 1.97. The smallest absolute Gasteiger partial charge is 0.227 e. The highest BCUT2D eigenvalue weighted by Crippen LogP contribution is 2.23. The molecule has 1 heterocycles. The van der Waals surface area contributed by atoms with Crippen molar-refractivity contribution >= 4 is 31.9 Å². The van der Waals surface area contributed by atoms with Crippen molar-refractivity contribution in [2.45, 2.75) is 0 Å². The van der Waals surface area contributed by atoms with E-state index in [0.29, 0.717) is 0 Å². The second-order valence-electron chi connectivity index (χ2n) is 1.27. The fourth-order valence-electron chi connectivity index (χ4n) is 0.321. The van der Waals surface area contributed by atoms with Crippen molar-refractivity contribution in [3.05, 3.63) is 27.1 Å². The molecule has 9 heavy (non-hydrogen) atoms. The van der Waals surface area contributed by atoms with E-state index in [1.807, 2.05) is 0 Å². The van der Waals surface area contributed by atoms with Crippen molar-refractivity contribution in [3.8, 4) is 0 Å². The van der Waals surface area contributed by atoms with Gasteiger partial charge in [-0.25, -0.2) is 4.98 Å². The number of aromatic nitrogens is 1. The largest absolute Gasteiger partial charge is 0.228 e. The summed E-state index contributed by atoms with van der Waals surface area (Å²) in [6.07, 6.45) is -0.377. The molecule has 1 aromatic heterocycles. The molecule has 48 valence electrons. The zero-order valence-electron chi connectivity index (χ0n) is 6.08. The summed E-state index contributed by atoms with van der Waals surface area (Å²) >= 11 is 5.82. The van der Waals surface area contributed by atoms with E-state index in [0.717, 1.165) is 0 Å². The molecule has 0 atom stereocenters. The predicted octanol–water partition coefficient (Wildman–Crippen LogP) is 2.75. The van der Waals surface area contributed by atoms with Gasteiger partial charge in [-0.3, -0.25) is 0 Å². The zero-order valence-corrected chi connectivity index (χ0v) is 7.25. The summed E-state index contributed by atoms with van der Waals surface area (Å²) in [5.74, 6) is -0.780. The Morgan fingerprint density at radius 1 is 1.67 bits per heavy atom. The Morgan fingerprint density at radius 2 is 2.33 bits per heavy atom. The molecule has 1 rings (SSSR count). The summed E-state index contributed by atoms with van der Waals surface area (Å²) in [5.41, 5.74) is 0. The minimum atomic E-state index is -0.780. The normalized spacial score (nSPS) is 12.8. The van der Waals surface area contributed by atoms with Crippen LogP contribution >= 0.6 is 31.9 Å². The highest BCUT2D eigenvalue weighted by atomic mass is 79.9. The van der Waals surface area contributed by atoms with Crippen molar-refractivity contribution in [2.24, 2.45) is 0 Å². The third-order valence-corrected chi connectivity index (χ3v) is 2.54. The number of nitrogens with zero attached hydrogens (tertiary/aromatic N) is 1. The molecule has 0 aliphatic rings. The van der Waals surface area contributed by atoms with Gasteiger partial charge in [0.05, 0.1) is 7.21 Å². The Balaban J connectivity index is 3.46. The van der Waals surface area contributed by atoms with Gasteiger partial charge in [-0.05, 0) is 37.9 Å². The first-order valence-corrected chi connectivity index (χ1v) is 3.60. The first-order valence-electron chi connectivity index (χ1n) is 3.01. The van der Waals surface area contributed by atoms with Crippen LogP contribution in [0.15, 0.2) is 21.2 Å². The second-order valence-corrected chi connectivity index (χ2v) is 2.85. The molecule has 0 aliphatic carbocycles. The number of rotatable bonds is 0. The van der Waals surface area contributed by atoms with E-state index < -0.39 is 5.95 Å². The van der Waals surface area contributed by atoms with E-state index in [1.165, 1.54) is 0 Å². The van der Waals surface area contributed by atoms with Gasteiger partial charge >= 0.3 is 0 Å². The molecule has 0 bridgehead atoms. The molecule has 0 saturated carbocycles. The lowest BCUT2D eigenvalue weighted by atomic mass is 10.5. The van der Waals surface area contributed by atoms with Gasteiger partial charge in [-0.15, -0.1) is 0 Å². The van der Waals surface area contributed by atoms with E-state index in [9.17, 15) is 4.39 Å². The third-order valence-electron chi connectivity index (χ3n) is 0.694. The molecule has 0 amide bonds. The number of hydrogen-bond acceptors (Lipinski definition) is 1. The summed E-state index contributed by atoms with van der Waals surface area (Å²) in [5, 5.41) is 0. The predicted molar refractivity (Wildman–Crippen MR) is 39.6 cm³/mol. The van der Waals surface area contributed by atoms with Crippen molar-refractivity contribution in [2.75, 3.05) is 0 Å². The maximum Gasteiger partial charge on any atom is 0.228 e. The maximum atomic E-state index is 12.6. The minimum absolute atomic E-state index is 0.0819. The molecule has 0 aliphatic heterocycles. The fraction of sp³-hybridized carbons (Fsp3) is 0. The van der Waals surface area contributed by atoms with Crippen LogP contribution in [0.25, 0.3) is 0 Å². The lowest BCUT2D eigenvalue weighted by Crippen LogP contribution is -1.82. The number of pyridine rings is 1. The van der Waals surface area contributed by atoms with Gasteiger partial charge in [-0.2, -0.15) is 4.39 Å². The van der Waals surface area contributed by atoms with Crippen molar-refractivity contribution in [1.82, 2.24) is 4.98 Å². The van der Waals surface area contributed by atoms with E-state index >= 15 is 0 Å². The average molecular weight is 257 g/mol. The summed E-state index contributed by atoms with van der Waals surface area (Å²) in [6, 6.07) is -0.127. The Kier molecular flexibility index (Phi) is 1.46. The van der Waals surface area contributed by atoms with Crippen LogP contribution in [-0.2, 0) is 0 Å². The van der Waals surface area contributed by atoms with Gasteiger partial charge in [0.2, 0.25) is 5.95 Å². The van der Waals surface area contributed by atoms with Crippen LogP contribution in [0.1, 0.15) is 2.74 Å². The topological polar surface area (TPSA) is 12.9 Å². The van der Waals surface area contributed by atoms with Crippen molar-refractivity contribution in [1.29, 1.82) is 0 Å². The monoisotopic (exact) mass is 255 g/mol. The molecule has 0 fully saturated rings. The minimum Gasteiger partial charge on any atom is -0.227 e. The highest BCUT2D eigenvalue weighted by Gasteiger charge is 2.01. The van der Waals surface area contributed by atoms with Crippen molar-refractivity contribution in [3.63, 3.8) is 0 Å². The van der Waals surface area contributed by atoms with E-state index in [1.54, 1.807) is 0 Å². The molecule has 1 aromatic rings. The van der Waals surface area contributed by atoms with E-state index in [-0.39, 0.29) is 21.2 Å². The maximum absolute atomic E-state index is 12.6. The summed E-state index contributed by atoms with van der Waals surface area (Å²) in [4.78, 5) is 3.17. The van der Waals surface area contributed by atoms with Crippen LogP contribution in [-0.4, -0.2) is 4.98 Å². The van der Waals surface area contributed by atoms with Gasteiger partial charge in [-0.1, -0.05) is 0 Å². The Morgan fingerprint density at radius 3 is 3.00 bits per heavy atom. The highest BCUT2D eigenvalue weighted by molar-refractivity contribution is 9.13. The molecule has 4 heteroatoms. The lowest BCUT2D eigenvalue weighted by molar-refractivity contribution is 0.575. The molecular weight excluding hydrogens is 253 g/mol. The summed E-state index contributed by atoms with van der Waals surface area (Å²) < 4.78 is 27.1. The van der Waals surface area contributed by atoms with Gasteiger partial charge < -0.3 is 0 Å². The molecular formula is C5H2Br2FN. The molecule has 0 radical (unpaired) electrons. The summed E-state index contributed by atoms with van der Waals surface area (Å²) in [7, 11) is 0. The van der Waals surface area contributed by atoms with Gasteiger partial charge in [0.1, 0.15) is 0 Å². The molecule has 0 unspecified atom stereocenters. The van der Waals surface area contributed by atoms with Crippen LogP contribution in [0.2, 0.25) is 0 Å². The lowest BCUT2D eigenvalue weighted by Gasteiger charge is -1.92. The van der Waals surface area contributed by atoms with Crippen LogP contribution in [0.4, 0.5) is 4.39 Å². The van der Waals surface area contributed by atoms with Crippen molar-refractivity contribution < 1.29 is 7.13 Å². The first-order chi connectivity index (χ1) is 5.04. The zero-order chi connectivity index (χ0) is 8.59. The third kappa shape index (κ3) is 1.49. The Hall–Kier alpha value is 0.0400. The van der Waals surface area contributed by atoms with Crippen LogP contribution in [0, 0.1) is 5.95 Å². The molecule has 0 N–H and O–H groups in total. The number of halogens is 3. The first kappa shape index (κ1) is 4.79. The SMILES string of the molecule is [2H]c1nc(F)c(Br)c(Br)c1[2H]. The number of hydrogen-bond donors (Lipinski definition) is 0. The van der Waals surface area contributed by atoms with Gasteiger partial charge in [0.25, 0.3) is 0 Å². The van der Waals surface area contributed by atoms with Crippen LogP contribution in [0.5, 0.6) is 0 Å². The Bertz CT molecular complexity index is 279. The summed E-state index contributed by atoms with van der Waals surface area (Å²) in [6.45, 7) is 0. The molecule has 0 aromatic carbocycles. The molecule has 0 saturated heterocycles. The van der Waals surface area contributed by atoms with Crippen LogP contribution in [0.3, 0.4) is 0 Å². The molecule has 0 spiro atoms. The van der Waals surface area contributed by atoms with Gasteiger partial charge in [0, 0.05) is 10.6 Å². The van der Waals surface area contributed by atoms with E-state index in [4.69, 9.17) is 2.74 Å².